The van der Waals surface area contributed by atoms with Crippen molar-refractivity contribution in [3.63, 3.8) is 0 Å². The topological polar surface area (TPSA) is 66.8 Å². The maximum Gasteiger partial charge on any atom is 0.340 e. The van der Waals surface area contributed by atoms with Crippen LogP contribution in [0.25, 0.3) is 11.1 Å². The molecule has 5 rings (SSSR count). The van der Waals surface area contributed by atoms with Crippen molar-refractivity contribution in [3.05, 3.63) is 81.4 Å². The molecule has 0 aromatic heterocycles. The van der Waals surface area contributed by atoms with Gasteiger partial charge in [-0.05, 0) is 65.3 Å². The average Bonchev–Trinajstić information content (AvgIpc) is 3.14. The molecule has 0 fully saturated rings. The second kappa shape index (κ2) is 6.36. The van der Waals surface area contributed by atoms with Gasteiger partial charge in [0.15, 0.2) is 5.60 Å². The van der Waals surface area contributed by atoms with E-state index >= 15 is 0 Å². The summed E-state index contributed by atoms with van der Waals surface area (Å²) in [6, 6.07) is 13.0. The fourth-order valence-electron chi connectivity index (χ4n) is 5.44. The number of fused-ring (bicyclic) bond motifs is 7. The van der Waals surface area contributed by atoms with Crippen molar-refractivity contribution in [2.24, 2.45) is 0 Å². The molecule has 2 aliphatic rings. The van der Waals surface area contributed by atoms with Crippen molar-refractivity contribution in [1.29, 1.82) is 0 Å². The maximum absolute atomic E-state index is 13.0. The monoisotopic (exact) mass is 414 g/mol. The highest BCUT2D eigenvalue weighted by atomic mass is 16.6. The molecule has 4 nitrogen and oxygen atoms in total. The van der Waals surface area contributed by atoms with E-state index in [1.807, 2.05) is 58.9 Å². The van der Waals surface area contributed by atoms with Crippen molar-refractivity contribution < 1.29 is 19.7 Å². The van der Waals surface area contributed by atoms with E-state index in [0.717, 1.165) is 44.5 Å². The molecule has 31 heavy (non-hydrogen) atoms. The molecule has 0 radical (unpaired) electrons. The summed E-state index contributed by atoms with van der Waals surface area (Å²) in [5, 5.41) is 21.7. The third-order valence-corrected chi connectivity index (χ3v) is 6.68. The van der Waals surface area contributed by atoms with Crippen LogP contribution in [0.2, 0.25) is 0 Å². The van der Waals surface area contributed by atoms with Crippen LogP contribution in [0.5, 0.6) is 11.5 Å². The summed E-state index contributed by atoms with van der Waals surface area (Å²) in [7, 11) is 0. The lowest BCUT2D eigenvalue weighted by molar-refractivity contribution is 0.0263. The Morgan fingerprint density at radius 3 is 2.26 bits per heavy atom. The summed E-state index contributed by atoms with van der Waals surface area (Å²) in [4.78, 5) is 13.0. The molecule has 0 saturated heterocycles. The quantitative estimate of drug-likeness (QED) is 0.498. The Bertz CT molecular complexity index is 1270. The van der Waals surface area contributed by atoms with Gasteiger partial charge in [0.1, 0.15) is 11.5 Å². The SMILES string of the molecule is Cc1cc(O)c(C(C)C)c2c1C1(OC(=O)c3ccccc31)c1cc(C(C)C)c(O)cc1-2. The van der Waals surface area contributed by atoms with Gasteiger partial charge in [0.2, 0.25) is 0 Å². The van der Waals surface area contributed by atoms with Gasteiger partial charge in [-0.15, -0.1) is 0 Å². The van der Waals surface area contributed by atoms with E-state index in [9.17, 15) is 15.0 Å². The number of ether oxygens (including phenoxy) is 1. The highest BCUT2D eigenvalue weighted by Crippen LogP contribution is 2.61. The first-order chi connectivity index (χ1) is 14.7. The van der Waals surface area contributed by atoms with E-state index < -0.39 is 5.60 Å². The Kier molecular flexibility index (Phi) is 4.04. The van der Waals surface area contributed by atoms with Crippen LogP contribution in [0.4, 0.5) is 0 Å². The summed E-state index contributed by atoms with van der Waals surface area (Å²) in [6.45, 7) is 10.1. The Labute approximate surface area is 182 Å². The molecule has 1 unspecified atom stereocenters. The number of aromatic hydroxyl groups is 2. The lowest BCUT2D eigenvalue weighted by atomic mass is 9.80. The fraction of sp³-hybridized carbons (Fsp3) is 0.296. The molecule has 1 spiro atoms. The van der Waals surface area contributed by atoms with Gasteiger partial charge in [-0.3, -0.25) is 0 Å². The standard InChI is InChI=1S/C27H26O4/c1-13(2)17-11-20-18(12-21(17)28)24-23(14(3)4)22(29)10-15(5)25(24)27(20)19-9-7-6-8-16(19)26(30)31-27/h6-14,28-29H,1-5H3. The van der Waals surface area contributed by atoms with Crippen molar-refractivity contribution in [1.82, 2.24) is 0 Å². The van der Waals surface area contributed by atoms with Crippen LogP contribution in [-0.4, -0.2) is 16.2 Å². The molecule has 1 heterocycles. The summed E-state index contributed by atoms with van der Waals surface area (Å²) in [6.07, 6.45) is 0. The molecule has 158 valence electrons. The van der Waals surface area contributed by atoms with Crippen LogP contribution >= 0.6 is 0 Å². The number of benzene rings is 3. The third-order valence-electron chi connectivity index (χ3n) is 6.68. The minimum atomic E-state index is -1.09. The maximum atomic E-state index is 13.0. The zero-order valence-electron chi connectivity index (χ0n) is 18.4. The predicted octanol–water partition coefficient (Wildman–Crippen LogP) is 6.10. The lowest BCUT2D eigenvalue weighted by Crippen LogP contribution is -2.28. The van der Waals surface area contributed by atoms with Crippen molar-refractivity contribution >= 4 is 5.97 Å². The van der Waals surface area contributed by atoms with Crippen LogP contribution in [0.1, 0.15) is 83.3 Å². The van der Waals surface area contributed by atoms with Gasteiger partial charge in [0, 0.05) is 22.3 Å². The van der Waals surface area contributed by atoms with Gasteiger partial charge in [0.25, 0.3) is 0 Å². The van der Waals surface area contributed by atoms with E-state index in [2.05, 4.69) is 0 Å². The molecular formula is C27H26O4. The van der Waals surface area contributed by atoms with E-state index in [1.54, 1.807) is 18.2 Å². The Balaban J connectivity index is 2.01. The minimum Gasteiger partial charge on any atom is -0.508 e. The van der Waals surface area contributed by atoms with E-state index in [-0.39, 0.29) is 29.3 Å². The van der Waals surface area contributed by atoms with Crippen molar-refractivity contribution in [2.45, 2.75) is 52.1 Å². The number of aryl methyl sites for hydroxylation is 1. The normalized spacial score (nSPS) is 18.5. The summed E-state index contributed by atoms with van der Waals surface area (Å²) >= 11 is 0. The van der Waals surface area contributed by atoms with Crippen LogP contribution in [0, 0.1) is 6.92 Å². The third kappa shape index (κ3) is 2.39. The minimum absolute atomic E-state index is 0.0385. The number of phenols is 2. The Hall–Kier alpha value is -3.27. The van der Waals surface area contributed by atoms with E-state index in [4.69, 9.17) is 4.74 Å². The summed E-state index contributed by atoms with van der Waals surface area (Å²) in [5.41, 5.74) is 6.13. The average molecular weight is 415 g/mol. The molecule has 4 heteroatoms. The van der Waals surface area contributed by atoms with Gasteiger partial charge in [-0.1, -0.05) is 45.9 Å². The smallest absolute Gasteiger partial charge is 0.340 e. The first-order valence-electron chi connectivity index (χ1n) is 10.8. The molecule has 3 aromatic carbocycles. The van der Waals surface area contributed by atoms with Gasteiger partial charge in [-0.2, -0.15) is 0 Å². The number of hydrogen-bond acceptors (Lipinski definition) is 4. The highest BCUT2D eigenvalue weighted by Gasteiger charge is 2.56. The molecule has 0 bridgehead atoms. The highest BCUT2D eigenvalue weighted by molar-refractivity contribution is 6.00. The zero-order chi connectivity index (χ0) is 22.2. The molecule has 0 amide bonds. The fourth-order valence-corrected chi connectivity index (χ4v) is 5.44. The van der Waals surface area contributed by atoms with Gasteiger partial charge >= 0.3 is 5.97 Å². The second-order valence-corrected chi connectivity index (χ2v) is 9.26. The Morgan fingerprint density at radius 1 is 0.871 bits per heavy atom. The molecule has 3 aromatic rings. The van der Waals surface area contributed by atoms with Gasteiger partial charge < -0.3 is 14.9 Å². The van der Waals surface area contributed by atoms with Crippen molar-refractivity contribution in [2.75, 3.05) is 0 Å². The number of carbonyl (C=O) groups excluding carboxylic acids is 1. The second-order valence-electron chi connectivity index (χ2n) is 9.26. The number of phenolic OH excluding ortho intramolecular Hbond substituents is 2. The first-order valence-corrected chi connectivity index (χ1v) is 10.8. The number of esters is 1. The lowest BCUT2D eigenvalue weighted by Gasteiger charge is -2.29. The zero-order valence-corrected chi connectivity index (χ0v) is 18.4. The molecule has 1 atom stereocenters. The molecular weight excluding hydrogens is 388 g/mol. The number of hydrogen-bond donors (Lipinski definition) is 2. The first kappa shape index (κ1) is 19.7. The van der Waals surface area contributed by atoms with Gasteiger partial charge in [-0.25, -0.2) is 4.79 Å². The molecule has 1 aliphatic heterocycles. The molecule has 0 saturated carbocycles. The van der Waals surface area contributed by atoms with Gasteiger partial charge in [0.05, 0.1) is 5.56 Å². The number of carbonyl (C=O) groups is 1. The van der Waals surface area contributed by atoms with Crippen LogP contribution in [0.15, 0.2) is 42.5 Å². The summed E-state index contributed by atoms with van der Waals surface area (Å²) in [5.74, 6) is 0.214. The van der Waals surface area contributed by atoms with Crippen molar-refractivity contribution in [3.8, 4) is 22.6 Å². The molecule has 1 aliphatic carbocycles. The Morgan fingerprint density at radius 2 is 1.58 bits per heavy atom. The van der Waals surface area contributed by atoms with Crippen LogP contribution < -0.4 is 0 Å². The predicted molar refractivity (Wildman–Crippen MR) is 120 cm³/mol. The van der Waals surface area contributed by atoms with Crippen LogP contribution in [0.3, 0.4) is 0 Å². The van der Waals surface area contributed by atoms with Crippen LogP contribution in [-0.2, 0) is 10.3 Å². The largest absolute Gasteiger partial charge is 0.508 e. The van der Waals surface area contributed by atoms with E-state index in [0.29, 0.717) is 5.56 Å². The van der Waals surface area contributed by atoms with E-state index in [1.165, 1.54) is 0 Å². The number of rotatable bonds is 2. The summed E-state index contributed by atoms with van der Waals surface area (Å²) < 4.78 is 6.26. The molecule has 2 N–H and O–H groups in total.